The minimum Gasteiger partial charge on any atom is -0.457 e. The zero-order valence-electron chi connectivity index (χ0n) is 15.7. The van der Waals surface area contributed by atoms with Crippen LogP contribution in [-0.2, 0) is 4.79 Å². The molecule has 0 fully saturated rings. The summed E-state index contributed by atoms with van der Waals surface area (Å²) in [6.07, 6.45) is 0.379. The number of nitrogens with one attached hydrogen (secondary N) is 1. The Bertz CT molecular complexity index is 1110. The van der Waals surface area contributed by atoms with Crippen LogP contribution in [0, 0.1) is 0 Å². The van der Waals surface area contributed by atoms with Crippen LogP contribution in [0.2, 0.25) is 0 Å². The number of imide groups is 1. The molecule has 144 valence electrons. The van der Waals surface area contributed by atoms with Gasteiger partial charge in [-0.2, -0.15) is 0 Å². The molecule has 1 aliphatic heterocycles. The average Bonchev–Trinajstić information content (AvgIpc) is 2.98. The Kier molecular flexibility index (Phi) is 4.83. The first-order valence-electron chi connectivity index (χ1n) is 9.22. The first kappa shape index (κ1) is 18.4. The Labute approximate surface area is 167 Å². The summed E-state index contributed by atoms with van der Waals surface area (Å²) in [6.45, 7) is 1.78. The van der Waals surface area contributed by atoms with Gasteiger partial charge in [0.05, 0.1) is 16.8 Å². The summed E-state index contributed by atoms with van der Waals surface area (Å²) in [5.74, 6) is 0.108. The summed E-state index contributed by atoms with van der Waals surface area (Å²) in [5, 5.41) is 2.77. The quantitative estimate of drug-likeness (QED) is 0.649. The number of nitrogens with zero attached hydrogens (tertiary/aromatic N) is 1. The van der Waals surface area contributed by atoms with E-state index in [1.807, 2.05) is 6.07 Å². The molecule has 4 rings (SSSR count). The fourth-order valence-electron chi connectivity index (χ4n) is 3.12. The van der Waals surface area contributed by atoms with Crippen LogP contribution in [0.4, 0.5) is 11.4 Å². The number of benzene rings is 3. The standard InChI is InChI=1S/C23H18N2O4/c1-2-21(26)24-15-7-6-10-17(13-15)29-18-11-12-19-20(14-18)23(28)25(22(19)27)16-8-4-3-5-9-16/h3-14H,2H2,1H3,(H,24,26). The molecule has 1 heterocycles. The fraction of sp³-hybridized carbons (Fsp3) is 0.0870. The minimum atomic E-state index is -0.384. The Morgan fingerprint density at radius 1 is 0.862 bits per heavy atom. The number of rotatable bonds is 5. The number of hydrogen-bond acceptors (Lipinski definition) is 4. The van der Waals surface area contributed by atoms with Crippen LogP contribution in [0.3, 0.4) is 0 Å². The number of ether oxygens (including phenoxy) is 1. The van der Waals surface area contributed by atoms with Crippen LogP contribution in [0.25, 0.3) is 0 Å². The van der Waals surface area contributed by atoms with Gasteiger partial charge < -0.3 is 10.1 Å². The molecule has 0 spiro atoms. The lowest BCUT2D eigenvalue weighted by Gasteiger charge is -2.13. The van der Waals surface area contributed by atoms with Crippen LogP contribution in [0.1, 0.15) is 34.1 Å². The molecule has 0 unspecified atom stereocenters. The molecule has 29 heavy (non-hydrogen) atoms. The van der Waals surface area contributed by atoms with Gasteiger partial charge in [-0.1, -0.05) is 31.2 Å². The van der Waals surface area contributed by atoms with Gasteiger partial charge in [0.2, 0.25) is 5.91 Å². The van der Waals surface area contributed by atoms with Crippen molar-refractivity contribution in [3.8, 4) is 11.5 Å². The van der Waals surface area contributed by atoms with Crippen LogP contribution in [-0.4, -0.2) is 17.7 Å². The molecule has 0 radical (unpaired) electrons. The third-order valence-electron chi connectivity index (χ3n) is 4.55. The van der Waals surface area contributed by atoms with Crippen LogP contribution in [0.5, 0.6) is 11.5 Å². The minimum absolute atomic E-state index is 0.0928. The van der Waals surface area contributed by atoms with Crippen molar-refractivity contribution in [1.29, 1.82) is 0 Å². The molecule has 3 aromatic rings. The topological polar surface area (TPSA) is 75.7 Å². The first-order valence-corrected chi connectivity index (χ1v) is 9.22. The van der Waals surface area contributed by atoms with E-state index in [1.165, 1.54) is 0 Å². The molecule has 0 saturated carbocycles. The molecular formula is C23H18N2O4. The highest BCUT2D eigenvalue weighted by Gasteiger charge is 2.36. The lowest BCUT2D eigenvalue weighted by molar-refractivity contribution is -0.115. The van der Waals surface area contributed by atoms with Crippen LogP contribution >= 0.6 is 0 Å². The van der Waals surface area contributed by atoms with Crippen molar-refractivity contribution in [2.45, 2.75) is 13.3 Å². The van der Waals surface area contributed by atoms with E-state index in [9.17, 15) is 14.4 Å². The molecule has 3 aromatic carbocycles. The molecule has 0 aliphatic carbocycles. The van der Waals surface area contributed by atoms with Crippen LogP contribution < -0.4 is 15.0 Å². The van der Waals surface area contributed by atoms with Gasteiger partial charge in [0.1, 0.15) is 11.5 Å². The number of carbonyl (C=O) groups excluding carboxylic acids is 3. The third kappa shape index (κ3) is 3.60. The Balaban J connectivity index is 1.59. The van der Waals surface area contributed by atoms with Crippen molar-refractivity contribution in [2.24, 2.45) is 0 Å². The molecule has 0 aromatic heterocycles. The summed E-state index contributed by atoms with van der Waals surface area (Å²) in [6, 6.07) is 20.6. The van der Waals surface area contributed by atoms with Gasteiger partial charge in [-0.25, -0.2) is 4.90 Å². The second-order valence-electron chi connectivity index (χ2n) is 6.52. The van der Waals surface area contributed by atoms with Gasteiger partial charge in [0, 0.05) is 18.2 Å². The van der Waals surface area contributed by atoms with Crippen molar-refractivity contribution in [1.82, 2.24) is 0 Å². The van der Waals surface area contributed by atoms with E-state index in [2.05, 4.69) is 5.32 Å². The normalized spacial score (nSPS) is 12.7. The van der Waals surface area contributed by atoms with Crippen molar-refractivity contribution in [2.75, 3.05) is 10.2 Å². The van der Waals surface area contributed by atoms with Crippen molar-refractivity contribution >= 4 is 29.1 Å². The highest BCUT2D eigenvalue weighted by Crippen LogP contribution is 2.32. The van der Waals surface area contributed by atoms with E-state index in [4.69, 9.17) is 4.74 Å². The van der Waals surface area contributed by atoms with Crippen LogP contribution in [0.15, 0.2) is 72.8 Å². The average molecular weight is 386 g/mol. The summed E-state index contributed by atoms with van der Waals surface area (Å²) in [5.41, 5.74) is 1.79. The molecule has 0 atom stereocenters. The Morgan fingerprint density at radius 3 is 2.34 bits per heavy atom. The van der Waals surface area contributed by atoms with Crippen molar-refractivity contribution in [3.63, 3.8) is 0 Å². The molecule has 1 aliphatic rings. The summed E-state index contributed by atoms with van der Waals surface area (Å²) < 4.78 is 5.85. The van der Waals surface area contributed by atoms with E-state index in [0.717, 1.165) is 4.90 Å². The molecule has 6 heteroatoms. The van der Waals surface area contributed by atoms with Gasteiger partial charge in [-0.05, 0) is 42.5 Å². The van der Waals surface area contributed by atoms with Crippen molar-refractivity contribution < 1.29 is 19.1 Å². The zero-order chi connectivity index (χ0) is 20.4. The molecule has 6 nitrogen and oxygen atoms in total. The smallest absolute Gasteiger partial charge is 0.266 e. The number of fused-ring (bicyclic) bond motifs is 1. The van der Waals surface area contributed by atoms with Gasteiger partial charge in [-0.15, -0.1) is 0 Å². The lowest BCUT2D eigenvalue weighted by Crippen LogP contribution is -2.29. The summed E-state index contributed by atoms with van der Waals surface area (Å²) >= 11 is 0. The highest BCUT2D eigenvalue weighted by atomic mass is 16.5. The number of para-hydroxylation sites is 1. The van der Waals surface area contributed by atoms with E-state index in [0.29, 0.717) is 40.4 Å². The SMILES string of the molecule is CCC(=O)Nc1cccc(Oc2ccc3c(c2)C(=O)N(c2ccccc2)C3=O)c1. The molecule has 1 N–H and O–H groups in total. The number of amides is 3. The Morgan fingerprint density at radius 2 is 1.59 bits per heavy atom. The lowest BCUT2D eigenvalue weighted by atomic mass is 10.1. The van der Waals surface area contributed by atoms with E-state index < -0.39 is 0 Å². The number of hydrogen-bond donors (Lipinski definition) is 1. The maximum absolute atomic E-state index is 12.8. The first-order chi connectivity index (χ1) is 14.1. The molecular weight excluding hydrogens is 368 g/mol. The van der Waals surface area contributed by atoms with E-state index >= 15 is 0 Å². The number of carbonyl (C=O) groups is 3. The maximum Gasteiger partial charge on any atom is 0.266 e. The van der Waals surface area contributed by atoms with Gasteiger partial charge in [0.15, 0.2) is 0 Å². The van der Waals surface area contributed by atoms with Gasteiger partial charge in [-0.3, -0.25) is 14.4 Å². The summed E-state index contributed by atoms with van der Waals surface area (Å²) in [7, 11) is 0. The third-order valence-corrected chi connectivity index (χ3v) is 4.55. The Hall–Kier alpha value is -3.93. The van der Waals surface area contributed by atoms with E-state index in [1.54, 1.807) is 73.7 Å². The zero-order valence-corrected chi connectivity index (χ0v) is 15.7. The monoisotopic (exact) mass is 386 g/mol. The highest BCUT2D eigenvalue weighted by molar-refractivity contribution is 6.34. The second kappa shape index (κ2) is 7.59. The van der Waals surface area contributed by atoms with E-state index in [-0.39, 0.29) is 17.7 Å². The maximum atomic E-state index is 12.8. The molecule has 0 saturated heterocycles. The fourth-order valence-corrected chi connectivity index (χ4v) is 3.12. The summed E-state index contributed by atoms with van der Waals surface area (Å²) in [4.78, 5) is 38.2. The second-order valence-corrected chi connectivity index (χ2v) is 6.52. The van der Waals surface area contributed by atoms with Gasteiger partial charge >= 0.3 is 0 Å². The number of anilines is 2. The largest absolute Gasteiger partial charge is 0.457 e. The van der Waals surface area contributed by atoms with Gasteiger partial charge in [0.25, 0.3) is 11.8 Å². The molecule has 0 bridgehead atoms. The van der Waals surface area contributed by atoms with Crippen molar-refractivity contribution in [3.05, 3.63) is 83.9 Å². The molecule has 3 amide bonds. The predicted octanol–water partition coefficient (Wildman–Crippen LogP) is 4.63. The predicted molar refractivity (Wildman–Crippen MR) is 109 cm³/mol.